The SMILES string of the molecule is Cc1ccc(C#N)c(C=Cc2nc3ccc(F)cc3c(=O)n2-c2ccccc2Cl)n1. The Kier molecular flexibility index (Phi) is 5.13. The summed E-state index contributed by atoms with van der Waals surface area (Å²) in [6.45, 7) is 1.82. The minimum atomic E-state index is -0.530. The lowest BCUT2D eigenvalue weighted by Crippen LogP contribution is -2.22. The van der Waals surface area contributed by atoms with Gasteiger partial charge in [0.15, 0.2) is 0 Å². The average molecular weight is 417 g/mol. The second-order valence-electron chi connectivity index (χ2n) is 6.55. The number of rotatable bonds is 3. The normalized spacial score (nSPS) is 11.1. The van der Waals surface area contributed by atoms with E-state index in [1.165, 1.54) is 16.7 Å². The number of aryl methyl sites for hydroxylation is 1. The van der Waals surface area contributed by atoms with Crippen LogP contribution in [0.3, 0.4) is 0 Å². The molecule has 0 bridgehead atoms. The largest absolute Gasteiger partial charge is 0.268 e. The third kappa shape index (κ3) is 3.59. The van der Waals surface area contributed by atoms with E-state index in [9.17, 15) is 14.4 Å². The minimum absolute atomic E-state index is 0.137. The maximum atomic E-state index is 13.8. The van der Waals surface area contributed by atoms with Gasteiger partial charge in [-0.2, -0.15) is 5.26 Å². The predicted octanol–water partition coefficient (Wildman–Crippen LogP) is 4.92. The fourth-order valence-corrected chi connectivity index (χ4v) is 3.32. The monoisotopic (exact) mass is 416 g/mol. The summed E-state index contributed by atoms with van der Waals surface area (Å²) in [4.78, 5) is 22.1. The van der Waals surface area contributed by atoms with E-state index in [4.69, 9.17) is 11.6 Å². The van der Waals surface area contributed by atoms with Gasteiger partial charge < -0.3 is 0 Å². The summed E-state index contributed by atoms with van der Waals surface area (Å²) in [5, 5.41) is 9.82. The van der Waals surface area contributed by atoms with Crippen molar-refractivity contribution in [2.75, 3.05) is 0 Å². The summed E-state index contributed by atoms with van der Waals surface area (Å²) in [5.41, 5.74) is 1.91. The lowest BCUT2D eigenvalue weighted by Gasteiger charge is -2.13. The van der Waals surface area contributed by atoms with E-state index in [1.807, 2.05) is 6.92 Å². The van der Waals surface area contributed by atoms with Crippen LogP contribution in [0.2, 0.25) is 5.02 Å². The number of hydrogen-bond acceptors (Lipinski definition) is 4. The molecule has 0 aliphatic carbocycles. The topological polar surface area (TPSA) is 71.6 Å². The Morgan fingerprint density at radius 2 is 1.90 bits per heavy atom. The van der Waals surface area contributed by atoms with E-state index in [0.717, 1.165) is 11.8 Å². The second-order valence-corrected chi connectivity index (χ2v) is 6.96. The van der Waals surface area contributed by atoms with Crippen molar-refractivity contribution >= 4 is 34.7 Å². The highest BCUT2D eigenvalue weighted by molar-refractivity contribution is 6.32. The maximum absolute atomic E-state index is 13.8. The summed E-state index contributed by atoms with van der Waals surface area (Å²) in [6.07, 6.45) is 3.21. The van der Waals surface area contributed by atoms with Crippen molar-refractivity contribution in [2.45, 2.75) is 6.92 Å². The summed E-state index contributed by atoms with van der Waals surface area (Å²) in [5.74, 6) is -0.252. The van der Waals surface area contributed by atoms with Crippen molar-refractivity contribution in [3.63, 3.8) is 0 Å². The highest BCUT2D eigenvalue weighted by atomic mass is 35.5. The van der Waals surface area contributed by atoms with Crippen LogP contribution in [-0.2, 0) is 0 Å². The first-order valence-corrected chi connectivity index (χ1v) is 9.39. The van der Waals surface area contributed by atoms with Gasteiger partial charge in [0, 0.05) is 5.69 Å². The van der Waals surface area contributed by atoms with Crippen molar-refractivity contribution in [2.24, 2.45) is 0 Å². The molecule has 0 radical (unpaired) electrons. The zero-order valence-corrected chi connectivity index (χ0v) is 16.6. The number of halogens is 2. The third-order valence-electron chi connectivity index (χ3n) is 4.52. The van der Waals surface area contributed by atoms with Crippen molar-refractivity contribution in [3.8, 4) is 11.8 Å². The first-order valence-electron chi connectivity index (χ1n) is 9.01. The van der Waals surface area contributed by atoms with Crippen LogP contribution in [0.4, 0.5) is 4.39 Å². The minimum Gasteiger partial charge on any atom is -0.268 e. The van der Waals surface area contributed by atoms with Gasteiger partial charge in [-0.3, -0.25) is 14.3 Å². The van der Waals surface area contributed by atoms with Crippen LogP contribution < -0.4 is 5.56 Å². The molecule has 0 N–H and O–H groups in total. The molecule has 0 unspecified atom stereocenters. The Balaban J connectivity index is 2.00. The van der Waals surface area contributed by atoms with E-state index in [2.05, 4.69) is 16.0 Å². The van der Waals surface area contributed by atoms with E-state index < -0.39 is 11.4 Å². The molecular formula is C23H14ClFN4O. The molecule has 146 valence electrons. The number of hydrogen-bond donors (Lipinski definition) is 0. The van der Waals surface area contributed by atoms with Gasteiger partial charge in [0.1, 0.15) is 17.7 Å². The molecule has 0 fully saturated rings. The Morgan fingerprint density at radius 1 is 1.10 bits per heavy atom. The summed E-state index contributed by atoms with van der Waals surface area (Å²) in [7, 11) is 0. The van der Waals surface area contributed by atoms with Gasteiger partial charge in [-0.05, 0) is 61.5 Å². The van der Waals surface area contributed by atoms with Gasteiger partial charge in [0.25, 0.3) is 5.56 Å². The van der Waals surface area contributed by atoms with Gasteiger partial charge in [-0.15, -0.1) is 0 Å². The quantitative estimate of drug-likeness (QED) is 0.475. The molecule has 0 aliphatic heterocycles. The molecule has 4 aromatic rings. The number of para-hydroxylation sites is 1. The van der Waals surface area contributed by atoms with Crippen LogP contribution >= 0.6 is 11.6 Å². The van der Waals surface area contributed by atoms with Crippen LogP contribution in [0.25, 0.3) is 28.7 Å². The van der Waals surface area contributed by atoms with Crippen LogP contribution in [0.1, 0.15) is 22.8 Å². The number of pyridine rings is 1. The van der Waals surface area contributed by atoms with Crippen molar-refractivity contribution in [3.05, 3.63) is 98.6 Å². The summed E-state index contributed by atoms with van der Waals surface area (Å²) >= 11 is 6.33. The first kappa shape index (κ1) is 19.5. The maximum Gasteiger partial charge on any atom is 0.266 e. The Bertz CT molecular complexity index is 1420. The fraction of sp³-hybridized carbons (Fsp3) is 0.0435. The number of nitrogens with zero attached hydrogens (tertiary/aromatic N) is 4. The summed E-state index contributed by atoms with van der Waals surface area (Å²) in [6, 6.07) is 16.2. The number of fused-ring (bicyclic) bond motifs is 1. The van der Waals surface area contributed by atoms with Crippen LogP contribution in [0, 0.1) is 24.1 Å². The zero-order chi connectivity index (χ0) is 21.3. The predicted molar refractivity (Wildman–Crippen MR) is 115 cm³/mol. The Hall–Kier alpha value is -3.82. The standard InChI is InChI=1S/C23H14ClFN4O/c1-14-6-7-15(13-26)19(27-14)10-11-22-28-20-9-8-16(25)12-17(20)23(30)29(22)21-5-3-2-4-18(21)24/h2-12H,1H3. The molecule has 0 spiro atoms. The van der Waals surface area contributed by atoms with Crippen LogP contribution in [0.5, 0.6) is 0 Å². The second kappa shape index (κ2) is 7.90. The third-order valence-corrected chi connectivity index (χ3v) is 4.84. The van der Waals surface area contributed by atoms with Crippen molar-refractivity contribution in [1.82, 2.24) is 14.5 Å². The molecule has 0 saturated carbocycles. The smallest absolute Gasteiger partial charge is 0.266 e. The van der Waals surface area contributed by atoms with Gasteiger partial charge in [0.2, 0.25) is 0 Å². The van der Waals surface area contributed by atoms with Gasteiger partial charge in [-0.25, -0.2) is 9.37 Å². The molecule has 5 nitrogen and oxygen atoms in total. The van der Waals surface area contributed by atoms with E-state index >= 15 is 0 Å². The molecule has 4 rings (SSSR count). The highest BCUT2D eigenvalue weighted by Gasteiger charge is 2.14. The molecule has 2 heterocycles. The lowest BCUT2D eigenvalue weighted by molar-refractivity contribution is 0.629. The van der Waals surface area contributed by atoms with E-state index in [1.54, 1.807) is 48.6 Å². The lowest BCUT2D eigenvalue weighted by atomic mass is 10.1. The van der Waals surface area contributed by atoms with Crippen LogP contribution in [-0.4, -0.2) is 14.5 Å². The fourth-order valence-electron chi connectivity index (χ4n) is 3.10. The Labute approximate surface area is 176 Å². The molecule has 2 aromatic heterocycles. The summed E-state index contributed by atoms with van der Waals surface area (Å²) < 4.78 is 15.1. The van der Waals surface area contributed by atoms with Gasteiger partial charge >= 0.3 is 0 Å². The molecule has 30 heavy (non-hydrogen) atoms. The number of aromatic nitrogens is 3. The van der Waals surface area contributed by atoms with Crippen LogP contribution in [0.15, 0.2) is 59.4 Å². The van der Waals surface area contributed by atoms with Crippen molar-refractivity contribution < 1.29 is 4.39 Å². The number of nitriles is 1. The highest BCUT2D eigenvalue weighted by Crippen LogP contribution is 2.22. The molecular weight excluding hydrogens is 403 g/mol. The Morgan fingerprint density at radius 3 is 2.67 bits per heavy atom. The molecule has 7 heteroatoms. The van der Waals surface area contributed by atoms with E-state index in [0.29, 0.717) is 27.5 Å². The van der Waals surface area contributed by atoms with Gasteiger partial charge in [-0.1, -0.05) is 23.7 Å². The molecule has 2 aromatic carbocycles. The zero-order valence-electron chi connectivity index (χ0n) is 15.8. The van der Waals surface area contributed by atoms with Gasteiger partial charge in [0.05, 0.1) is 32.9 Å². The molecule has 0 aliphatic rings. The molecule has 0 saturated heterocycles. The number of benzene rings is 2. The molecule has 0 atom stereocenters. The first-order chi connectivity index (χ1) is 14.5. The molecule has 0 amide bonds. The van der Waals surface area contributed by atoms with E-state index in [-0.39, 0.29) is 11.2 Å². The average Bonchev–Trinajstić information content (AvgIpc) is 2.74. The van der Waals surface area contributed by atoms with Crippen molar-refractivity contribution in [1.29, 1.82) is 5.26 Å².